The van der Waals surface area contributed by atoms with Gasteiger partial charge < -0.3 is 10.1 Å². The van der Waals surface area contributed by atoms with Gasteiger partial charge in [0, 0.05) is 0 Å². The van der Waals surface area contributed by atoms with Crippen LogP contribution >= 0.6 is 11.3 Å². The molecule has 0 bridgehead atoms. The van der Waals surface area contributed by atoms with Crippen molar-refractivity contribution in [2.45, 2.75) is 6.92 Å². The second-order valence-corrected chi connectivity index (χ2v) is 4.73. The molecule has 0 radical (unpaired) electrons. The Morgan fingerprint density at radius 1 is 1.42 bits per heavy atom. The summed E-state index contributed by atoms with van der Waals surface area (Å²) in [6, 6.07) is 2.51. The molecule has 0 aliphatic rings. The second kappa shape index (κ2) is 5.31. The molecule has 2 rings (SSSR count). The first kappa shape index (κ1) is 13.4. The Hall–Kier alpha value is -2.02. The monoisotopic (exact) mass is 284 g/mol. The molecule has 100 valence electrons. The molecule has 1 aromatic carbocycles. The molecule has 0 saturated carbocycles. The number of hydrogen-bond acceptors (Lipinski definition) is 5. The Bertz CT molecular complexity index is 628. The van der Waals surface area contributed by atoms with E-state index in [2.05, 4.69) is 15.0 Å². The minimum Gasteiger partial charge on any atom is -0.465 e. The summed E-state index contributed by atoms with van der Waals surface area (Å²) in [6.07, 6.45) is 1.28. The first-order valence-electron chi connectivity index (χ1n) is 5.28. The van der Waals surface area contributed by atoms with E-state index in [1.54, 1.807) is 0 Å². The van der Waals surface area contributed by atoms with Crippen LogP contribution in [0, 0.1) is 18.6 Å². The van der Waals surface area contributed by atoms with Crippen LogP contribution in [0.1, 0.15) is 15.2 Å². The maximum atomic E-state index is 13.8. The molecule has 7 heteroatoms. The summed E-state index contributed by atoms with van der Waals surface area (Å²) in [5.74, 6) is -1.96. The fraction of sp³-hybridized carbons (Fsp3) is 0.167. The number of thiazole rings is 1. The average molecular weight is 284 g/mol. The van der Waals surface area contributed by atoms with Gasteiger partial charge in [-0.2, -0.15) is 0 Å². The Kier molecular flexibility index (Phi) is 3.75. The number of carbonyl (C=O) groups excluding carboxylic acids is 1. The number of carbonyl (C=O) groups is 1. The summed E-state index contributed by atoms with van der Waals surface area (Å²) in [7, 11) is 1.25. The summed E-state index contributed by atoms with van der Waals surface area (Å²) >= 11 is 0.954. The smallest absolute Gasteiger partial charge is 0.349 e. The second-order valence-electron chi connectivity index (χ2n) is 3.70. The topological polar surface area (TPSA) is 51.2 Å². The number of nitrogens with one attached hydrogen (secondary N) is 1. The lowest BCUT2D eigenvalue weighted by Crippen LogP contribution is -1.99. The lowest BCUT2D eigenvalue weighted by molar-refractivity contribution is 0.0606. The maximum Gasteiger partial charge on any atom is 0.349 e. The van der Waals surface area contributed by atoms with Gasteiger partial charge in [-0.3, -0.25) is 0 Å². The predicted molar refractivity (Wildman–Crippen MR) is 67.8 cm³/mol. The first-order chi connectivity index (χ1) is 9.02. The number of methoxy groups -OCH3 is 1. The van der Waals surface area contributed by atoms with Crippen molar-refractivity contribution in [2.24, 2.45) is 0 Å². The number of nitrogens with zero attached hydrogens (tertiary/aromatic N) is 1. The largest absolute Gasteiger partial charge is 0.465 e. The number of esters is 1. The Morgan fingerprint density at radius 3 is 2.84 bits per heavy atom. The zero-order chi connectivity index (χ0) is 14.0. The molecule has 4 nitrogen and oxygen atoms in total. The molecule has 1 N–H and O–H groups in total. The number of anilines is 2. The number of aromatic nitrogens is 1. The highest BCUT2D eigenvalue weighted by atomic mass is 32.1. The molecule has 1 heterocycles. The van der Waals surface area contributed by atoms with Crippen LogP contribution in [-0.2, 0) is 4.74 Å². The van der Waals surface area contributed by atoms with Crippen LogP contribution < -0.4 is 5.32 Å². The van der Waals surface area contributed by atoms with Gasteiger partial charge in [0.05, 0.1) is 13.3 Å². The minimum absolute atomic E-state index is 0.212. The van der Waals surface area contributed by atoms with Crippen molar-refractivity contribution in [1.82, 2.24) is 4.98 Å². The van der Waals surface area contributed by atoms with Crippen LogP contribution in [0.2, 0.25) is 0 Å². The molecule has 0 aliphatic heterocycles. The normalized spacial score (nSPS) is 10.3. The number of halogens is 2. The molecule has 0 fully saturated rings. The van der Waals surface area contributed by atoms with E-state index in [-0.39, 0.29) is 15.7 Å². The van der Waals surface area contributed by atoms with Crippen molar-refractivity contribution < 1.29 is 18.3 Å². The van der Waals surface area contributed by atoms with Crippen molar-refractivity contribution in [2.75, 3.05) is 12.4 Å². The molecule has 0 saturated heterocycles. The van der Waals surface area contributed by atoms with E-state index in [1.807, 2.05) is 0 Å². The molecular formula is C12H10F2N2O2S. The van der Waals surface area contributed by atoms with Gasteiger partial charge in [0.25, 0.3) is 0 Å². The third kappa shape index (κ3) is 2.70. The third-order valence-corrected chi connectivity index (χ3v) is 3.30. The van der Waals surface area contributed by atoms with E-state index < -0.39 is 17.6 Å². The van der Waals surface area contributed by atoms with Gasteiger partial charge in [-0.1, -0.05) is 17.4 Å². The molecule has 0 aliphatic carbocycles. The van der Waals surface area contributed by atoms with Crippen LogP contribution in [0.15, 0.2) is 18.3 Å². The maximum absolute atomic E-state index is 13.8. The average Bonchev–Trinajstić information content (AvgIpc) is 2.87. The van der Waals surface area contributed by atoms with Gasteiger partial charge in [-0.15, -0.1) is 0 Å². The van der Waals surface area contributed by atoms with Crippen molar-refractivity contribution in [1.29, 1.82) is 0 Å². The summed E-state index contributed by atoms with van der Waals surface area (Å²) < 4.78 is 31.8. The number of rotatable bonds is 3. The fourth-order valence-corrected chi connectivity index (χ4v) is 2.14. The van der Waals surface area contributed by atoms with Gasteiger partial charge in [0.1, 0.15) is 16.4 Å². The lowest BCUT2D eigenvalue weighted by atomic mass is 10.2. The zero-order valence-electron chi connectivity index (χ0n) is 10.2. The molecule has 0 amide bonds. The Morgan fingerprint density at radius 2 is 2.16 bits per heavy atom. The summed E-state index contributed by atoms with van der Waals surface area (Å²) in [6.45, 7) is 1.53. The fourth-order valence-electron chi connectivity index (χ4n) is 1.41. The number of ether oxygens (including phenoxy) is 1. The van der Waals surface area contributed by atoms with Gasteiger partial charge in [-0.05, 0) is 18.6 Å². The van der Waals surface area contributed by atoms with Gasteiger partial charge in [0.15, 0.2) is 10.9 Å². The van der Waals surface area contributed by atoms with Crippen molar-refractivity contribution in [3.63, 3.8) is 0 Å². The molecule has 2 aromatic rings. The summed E-state index contributed by atoms with van der Waals surface area (Å²) in [5.41, 5.74) is 0.0272. The standard InChI is InChI=1S/C12H10F2N2O2S/c1-6-3-4-7(13)10(9(6)14)16-12-15-5-8(19-12)11(17)18-2/h3-5H,1-2H3,(H,15,16). The Balaban J connectivity index is 2.29. The first-order valence-corrected chi connectivity index (χ1v) is 6.10. The number of benzene rings is 1. The SMILES string of the molecule is COC(=O)c1cnc(Nc2c(F)ccc(C)c2F)s1. The van der Waals surface area contributed by atoms with E-state index in [9.17, 15) is 13.6 Å². The van der Waals surface area contributed by atoms with E-state index in [0.717, 1.165) is 17.4 Å². The van der Waals surface area contributed by atoms with Crippen LogP contribution in [-0.4, -0.2) is 18.1 Å². The zero-order valence-corrected chi connectivity index (χ0v) is 11.0. The van der Waals surface area contributed by atoms with E-state index in [0.29, 0.717) is 5.56 Å². The van der Waals surface area contributed by atoms with Crippen molar-refractivity contribution in [3.05, 3.63) is 40.4 Å². The van der Waals surface area contributed by atoms with E-state index in [4.69, 9.17) is 0 Å². The highest BCUT2D eigenvalue weighted by Crippen LogP contribution is 2.28. The summed E-state index contributed by atoms with van der Waals surface area (Å²) in [5, 5.41) is 2.74. The molecule has 0 spiro atoms. The van der Waals surface area contributed by atoms with Crippen LogP contribution in [0.4, 0.5) is 19.6 Å². The highest BCUT2D eigenvalue weighted by molar-refractivity contribution is 7.17. The Labute approximate surface area is 112 Å². The van der Waals surface area contributed by atoms with Crippen LogP contribution in [0.3, 0.4) is 0 Å². The molecule has 0 atom stereocenters. The number of hydrogen-bond donors (Lipinski definition) is 1. The highest BCUT2D eigenvalue weighted by Gasteiger charge is 2.15. The predicted octanol–water partition coefficient (Wildman–Crippen LogP) is 3.26. The van der Waals surface area contributed by atoms with Crippen molar-refractivity contribution >= 4 is 28.1 Å². The van der Waals surface area contributed by atoms with Gasteiger partial charge >= 0.3 is 5.97 Å². The van der Waals surface area contributed by atoms with E-state index in [1.165, 1.54) is 26.3 Å². The van der Waals surface area contributed by atoms with Gasteiger partial charge in [-0.25, -0.2) is 18.6 Å². The van der Waals surface area contributed by atoms with E-state index >= 15 is 0 Å². The quantitative estimate of drug-likeness (QED) is 0.879. The van der Waals surface area contributed by atoms with Crippen LogP contribution in [0.5, 0.6) is 0 Å². The molecule has 19 heavy (non-hydrogen) atoms. The van der Waals surface area contributed by atoms with Crippen molar-refractivity contribution in [3.8, 4) is 0 Å². The molecular weight excluding hydrogens is 274 g/mol. The van der Waals surface area contributed by atoms with Gasteiger partial charge in [0.2, 0.25) is 0 Å². The third-order valence-electron chi connectivity index (χ3n) is 2.41. The summed E-state index contributed by atoms with van der Waals surface area (Å²) in [4.78, 5) is 15.4. The lowest BCUT2D eigenvalue weighted by Gasteiger charge is -2.07. The minimum atomic E-state index is -0.724. The van der Waals surface area contributed by atoms with Crippen LogP contribution in [0.25, 0.3) is 0 Å². The molecule has 1 aromatic heterocycles. The number of aryl methyl sites for hydroxylation is 1. The molecule has 0 unspecified atom stereocenters.